The summed E-state index contributed by atoms with van der Waals surface area (Å²) in [5, 5.41) is 2.66. The SMILES string of the molecule is CC1CC(C(Br)c2cccc3ccccc23)CO1. The van der Waals surface area contributed by atoms with Gasteiger partial charge in [-0.2, -0.15) is 0 Å². The summed E-state index contributed by atoms with van der Waals surface area (Å²) in [7, 11) is 0. The first-order valence-corrected chi connectivity index (χ1v) is 7.40. The van der Waals surface area contributed by atoms with Gasteiger partial charge in [0.2, 0.25) is 0 Å². The highest BCUT2D eigenvalue weighted by Crippen LogP contribution is 2.40. The van der Waals surface area contributed by atoms with Crippen molar-refractivity contribution in [3.8, 4) is 0 Å². The van der Waals surface area contributed by atoms with Crippen LogP contribution in [-0.4, -0.2) is 12.7 Å². The van der Waals surface area contributed by atoms with E-state index in [0.29, 0.717) is 16.8 Å². The van der Waals surface area contributed by atoms with Crippen LogP contribution in [0.4, 0.5) is 0 Å². The average Bonchev–Trinajstić information content (AvgIpc) is 2.84. The normalized spacial score (nSPS) is 25.4. The lowest BCUT2D eigenvalue weighted by atomic mass is 9.93. The van der Waals surface area contributed by atoms with Crippen LogP contribution in [0.3, 0.4) is 0 Å². The average molecular weight is 305 g/mol. The molecule has 0 aliphatic carbocycles. The van der Waals surface area contributed by atoms with Crippen molar-refractivity contribution < 1.29 is 4.74 Å². The molecule has 0 amide bonds. The summed E-state index contributed by atoms with van der Waals surface area (Å²) in [5.41, 5.74) is 1.39. The van der Waals surface area contributed by atoms with E-state index in [1.165, 1.54) is 16.3 Å². The summed E-state index contributed by atoms with van der Waals surface area (Å²) in [5.74, 6) is 0.575. The molecule has 1 fully saturated rings. The maximum absolute atomic E-state index is 5.69. The van der Waals surface area contributed by atoms with Crippen LogP contribution < -0.4 is 0 Å². The molecule has 94 valence electrons. The molecule has 1 heterocycles. The predicted octanol–water partition coefficient (Wildman–Crippen LogP) is 4.70. The lowest BCUT2D eigenvalue weighted by Crippen LogP contribution is -2.08. The van der Waals surface area contributed by atoms with Gasteiger partial charge in [-0.25, -0.2) is 0 Å². The van der Waals surface area contributed by atoms with Crippen LogP contribution in [0.1, 0.15) is 23.7 Å². The molecule has 0 bridgehead atoms. The fraction of sp³-hybridized carbons (Fsp3) is 0.375. The molecule has 1 aliphatic rings. The molecule has 18 heavy (non-hydrogen) atoms. The summed E-state index contributed by atoms with van der Waals surface area (Å²) in [6.45, 7) is 3.02. The largest absolute Gasteiger partial charge is 0.378 e. The molecule has 0 aromatic heterocycles. The number of alkyl halides is 1. The molecule has 0 radical (unpaired) electrons. The zero-order chi connectivity index (χ0) is 12.5. The zero-order valence-electron chi connectivity index (χ0n) is 10.5. The van der Waals surface area contributed by atoms with Gasteiger partial charge in [-0.1, -0.05) is 58.4 Å². The van der Waals surface area contributed by atoms with Crippen LogP contribution >= 0.6 is 15.9 Å². The second-order valence-corrected chi connectivity index (χ2v) is 6.10. The molecule has 0 spiro atoms. The van der Waals surface area contributed by atoms with Crippen molar-refractivity contribution in [1.29, 1.82) is 0 Å². The maximum Gasteiger partial charge on any atom is 0.0551 e. The van der Waals surface area contributed by atoms with Gasteiger partial charge < -0.3 is 4.74 Å². The second kappa shape index (κ2) is 5.02. The number of ether oxygens (including phenoxy) is 1. The Balaban J connectivity index is 1.98. The van der Waals surface area contributed by atoms with Crippen molar-refractivity contribution in [3.63, 3.8) is 0 Å². The van der Waals surface area contributed by atoms with Crippen molar-refractivity contribution in [3.05, 3.63) is 48.0 Å². The van der Waals surface area contributed by atoms with Gasteiger partial charge in [-0.05, 0) is 29.7 Å². The smallest absolute Gasteiger partial charge is 0.0551 e. The van der Waals surface area contributed by atoms with Crippen LogP contribution in [0.25, 0.3) is 10.8 Å². The highest BCUT2D eigenvalue weighted by molar-refractivity contribution is 9.09. The molecule has 1 nitrogen and oxygen atoms in total. The molecular weight excluding hydrogens is 288 g/mol. The molecule has 1 aliphatic heterocycles. The van der Waals surface area contributed by atoms with Gasteiger partial charge in [-0.15, -0.1) is 0 Å². The summed E-state index contributed by atoms with van der Waals surface area (Å²) < 4.78 is 5.69. The quantitative estimate of drug-likeness (QED) is 0.731. The lowest BCUT2D eigenvalue weighted by molar-refractivity contribution is 0.120. The monoisotopic (exact) mass is 304 g/mol. The molecular formula is C16H17BrO. The third-order valence-corrected chi connectivity index (χ3v) is 5.00. The zero-order valence-corrected chi connectivity index (χ0v) is 12.1. The number of hydrogen-bond donors (Lipinski definition) is 0. The van der Waals surface area contributed by atoms with Crippen molar-refractivity contribution in [2.24, 2.45) is 5.92 Å². The van der Waals surface area contributed by atoms with Crippen LogP contribution in [0, 0.1) is 5.92 Å². The Morgan fingerprint density at radius 2 is 1.94 bits per heavy atom. The summed E-state index contributed by atoms with van der Waals surface area (Å²) >= 11 is 3.88. The molecule has 3 atom stereocenters. The third kappa shape index (κ3) is 2.19. The van der Waals surface area contributed by atoms with E-state index in [2.05, 4.69) is 65.3 Å². The molecule has 3 unspecified atom stereocenters. The third-order valence-electron chi connectivity index (χ3n) is 3.76. The fourth-order valence-electron chi connectivity index (χ4n) is 2.80. The highest BCUT2D eigenvalue weighted by atomic mass is 79.9. The van der Waals surface area contributed by atoms with Crippen molar-refractivity contribution in [2.45, 2.75) is 24.3 Å². The second-order valence-electron chi connectivity index (χ2n) is 5.11. The number of fused-ring (bicyclic) bond motifs is 1. The first-order valence-electron chi connectivity index (χ1n) is 6.49. The summed E-state index contributed by atoms with van der Waals surface area (Å²) in [6.07, 6.45) is 1.53. The standard InChI is InChI=1S/C16H17BrO/c1-11-9-13(10-18-11)16(17)15-8-4-6-12-5-2-3-7-14(12)15/h2-8,11,13,16H,9-10H2,1H3. The van der Waals surface area contributed by atoms with E-state index >= 15 is 0 Å². The molecule has 2 aromatic rings. The van der Waals surface area contributed by atoms with E-state index in [0.717, 1.165) is 13.0 Å². The fourth-order valence-corrected chi connectivity index (χ4v) is 3.57. The van der Waals surface area contributed by atoms with Gasteiger partial charge in [0.05, 0.1) is 12.7 Å². The molecule has 0 saturated carbocycles. The molecule has 2 heteroatoms. The Labute approximate surface area is 116 Å². The Bertz CT molecular complexity index is 546. The lowest BCUT2D eigenvalue weighted by Gasteiger charge is -2.18. The molecule has 1 saturated heterocycles. The van der Waals surface area contributed by atoms with Gasteiger partial charge in [0, 0.05) is 10.7 Å². The van der Waals surface area contributed by atoms with Crippen LogP contribution in [-0.2, 0) is 4.74 Å². The minimum absolute atomic E-state index is 0.383. The summed E-state index contributed by atoms with van der Waals surface area (Å²) in [6, 6.07) is 15.1. The number of hydrogen-bond acceptors (Lipinski definition) is 1. The van der Waals surface area contributed by atoms with E-state index in [4.69, 9.17) is 4.74 Å². The summed E-state index contributed by atoms with van der Waals surface area (Å²) in [4.78, 5) is 0.383. The van der Waals surface area contributed by atoms with E-state index in [1.807, 2.05) is 0 Å². The molecule has 2 aromatic carbocycles. The number of rotatable bonds is 2. The van der Waals surface area contributed by atoms with Gasteiger partial charge >= 0.3 is 0 Å². The topological polar surface area (TPSA) is 9.23 Å². The van der Waals surface area contributed by atoms with Gasteiger partial charge in [0.15, 0.2) is 0 Å². The van der Waals surface area contributed by atoms with Gasteiger partial charge in [0.1, 0.15) is 0 Å². The Kier molecular flexibility index (Phi) is 3.40. The molecule has 3 rings (SSSR count). The van der Waals surface area contributed by atoms with Crippen molar-refractivity contribution in [1.82, 2.24) is 0 Å². The Morgan fingerprint density at radius 3 is 2.72 bits per heavy atom. The predicted molar refractivity (Wildman–Crippen MR) is 79.1 cm³/mol. The van der Waals surface area contributed by atoms with E-state index in [-0.39, 0.29) is 0 Å². The first kappa shape index (κ1) is 12.2. The molecule has 0 N–H and O–H groups in total. The van der Waals surface area contributed by atoms with Crippen molar-refractivity contribution in [2.75, 3.05) is 6.61 Å². The number of halogens is 1. The van der Waals surface area contributed by atoms with Crippen LogP contribution in [0.2, 0.25) is 0 Å². The van der Waals surface area contributed by atoms with Crippen molar-refractivity contribution >= 4 is 26.7 Å². The highest BCUT2D eigenvalue weighted by Gasteiger charge is 2.29. The van der Waals surface area contributed by atoms with Crippen LogP contribution in [0.15, 0.2) is 42.5 Å². The Hall–Kier alpha value is -0.860. The van der Waals surface area contributed by atoms with E-state index < -0.39 is 0 Å². The number of benzene rings is 2. The van der Waals surface area contributed by atoms with E-state index in [9.17, 15) is 0 Å². The minimum Gasteiger partial charge on any atom is -0.378 e. The minimum atomic E-state index is 0.383. The van der Waals surface area contributed by atoms with Gasteiger partial charge in [0.25, 0.3) is 0 Å². The van der Waals surface area contributed by atoms with Crippen LogP contribution in [0.5, 0.6) is 0 Å². The maximum atomic E-state index is 5.69. The van der Waals surface area contributed by atoms with Gasteiger partial charge in [-0.3, -0.25) is 0 Å². The van der Waals surface area contributed by atoms with E-state index in [1.54, 1.807) is 0 Å². The Morgan fingerprint density at radius 1 is 1.17 bits per heavy atom. The first-order chi connectivity index (χ1) is 8.75.